The minimum absolute atomic E-state index is 0.0794. The van der Waals surface area contributed by atoms with E-state index in [0.717, 1.165) is 0 Å². The summed E-state index contributed by atoms with van der Waals surface area (Å²) in [4.78, 5) is 28.8. The van der Waals surface area contributed by atoms with Gasteiger partial charge < -0.3 is 23.9 Å². The highest BCUT2D eigenvalue weighted by molar-refractivity contribution is 6.01. The smallest absolute Gasteiger partial charge is 0.251 e. The van der Waals surface area contributed by atoms with Gasteiger partial charge in [0.25, 0.3) is 5.91 Å². The SMILES string of the molecule is COCCNC(=O)[C@H](c1ccc(C)o1)N(C(=O)Cn1nnc2ccccc21)c1ccc2c(c1)OCO2. The summed E-state index contributed by atoms with van der Waals surface area (Å²) in [6.07, 6.45) is 0. The molecule has 36 heavy (non-hydrogen) atoms. The number of aryl methyl sites for hydroxylation is 1. The van der Waals surface area contributed by atoms with Crippen LogP contribution in [0.2, 0.25) is 0 Å². The average molecular weight is 492 g/mol. The van der Waals surface area contributed by atoms with Crippen molar-refractivity contribution in [3.05, 3.63) is 66.1 Å². The molecule has 1 aliphatic heterocycles. The number of furan rings is 1. The van der Waals surface area contributed by atoms with Crippen LogP contribution in [0.3, 0.4) is 0 Å². The van der Waals surface area contributed by atoms with E-state index in [9.17, 15) is 9.59 Å². The van der Waals surface area contributed by atoms with Crippen molar-refractivity contribution in [2.24, 2.45) is 0 Å². The highest BCUT2D eigenvalue weighted by atomic mass is 16.7. The summed E-state index contributed by atoms with van der Waals surface area (Å²) in [6, 6.07) is 14.8. The van der Waals surface area contributed by atoms with Crippen molar-refractivity contribution in [1.82, 2.24) is 20.3 Å². The largest absolute Gasteiger partial charge is 0.464 e. The molecular weight excluding hydrogens is 466 g/mol. The molecule has 11 heteroatoms. The molecule has 186 valence electrons. The summed E-state index contributed by atoms with van der Waals surface area (Å²) in [5.74, 6) is 1.15. The molecule has 4 aromatic rings. The number of hydrogen-bond donors (Lipinski definition) is 1. The van der Waals surface area contributed by atoms with Gasteiger partial charge in [0.05, 0.1) is 12.1 Å². The number of rotatable bonds is 9. The minimum Gasteiger partial charge on any atom is -0.464 e. The average Bonchev–Trinajstić information content (AvgIpc) is 3.62. The number of nitrogens with one attached hydrogen (secondary N) is 1. The number of carbonyl (C=O) groups is 2. The molecule has 1 aliphatic rings. The van der Waals surface area contributed by atoms with Crippen molar-refractivity contribution < 1.29 is 28.2 Å². The lowest BCUT2D eigenvalue weighted by molar-refractivity contribution is -0.127. The third-order valence-electron chi connectivity index (χ3n) is 5.75. The third-order valence-corrected chi connectivity index (χ3v) is 5.75. The van der Waals surface area contributed by atoms with Gasteiger partial charge in [-0.05, 0) is 43.3 Å². The van der Waals surface area contributed by atoms with E-state index < -0.39 is 17.9 Å². The van der Waals surface area contributed by atoms with Crippen LogP contribution in [0.5, 0.6) is 11.5 Å². The summed E-state index contributed by atoms with van der Waals surface area (Å²) in [6.45, 7) is 2.28. The first-order valence-electron chi connectivity index (χ1n) is 11.4. The van der Waals surface area contributed by atoms with Crippen molar-refractivity contribution >= 4 is 28.5 Å². The van der Waals surface area contributed by atoms with Gasteiger partial charge in [-0.15, -0.1) is 5.10 Å². The normalized spacial score (nSPS) is 13.1. The van der Waals surface area contributed by atoms with Crippen molar-refractivity contribution in [2.45, 2.75) is 19.5 Å². The number of benzene rings is 2. The van der Waals surface area contributed by atoms with E-state index in [1.54, 1.807) is 44.4 Å². The zero-order valence-corrected chi connectivity index (χ0v) is 19.8. The monoisotopic (exact) mass is 491 g/mol. The van der Waals surface area contributed by atoms with E-state index in [4.69, 9.17) is 18.6 Å². The van der Waals surface area contributed by atoms with Gasteiger partial charge in [0.15, 0.2) is 17.5 Å². The molecular formula is C25H25N5O6. The maximum Gasteiger partial charge on any atom is 0.251 e. The van der Waals surface area contributed by atoms with Crippen molar-refractivity contribution in [3.63, 3.8) is 0 Å². The molecule has 1 N–H and O–H groups in total. The van der Waals surface area contributed by atoms with Crippen molar-refractivity contribution in [2.75, 3.05) is 32.0 Å². The molecule has 0 radical (unpaired) electrons. The molecule has 5 rings (SSSR count). The number of carbonyl (C=O) groups excluding carboxylic acids is 2. The lowest BCUT2D eigenvalue weighted by Gasteiger charge is -2.30. The number of hydrogen-bond acceptors (Lipinski definition) is 8. The van der Waals surface area contributed by atoms with E-state index in [0.29, 0.717) is 46.3 Å². The fourth-order valence-corrected chi connectivity index (χ4v) is 4.06. The number of ether oxygens (including phenoxy) is 3. The first kappa shape index (κ1) is 23.4. The summed E-state index contributed by atoms with van der Waals surface area (Å²) in [5.41, 5.74) is 1.80. The highest BCUT2D eigenvalue weighted by Crippen LogP contribution is 2.38. The number of nitrogens with zero attached hydrogens (tertiary/aromatic N) is 4. The molecule has 2 amide bonds. The van der Waals surface area contributed by atoms with E-state index in [1.807, 2.05) is 24.3 Å². The topological polar surface area (TPSA) is 121 Å². The fourth-order valence-electron chi connectivity index (χ4n) is 4.06. The number of para-hydroxylation sites is 1. The minimum atomic E-state index is -1.10. The molecule has 0 aliphatic carbocycles. The number of amides is 2. The lowest BCUT2D eigenvalue weighted by Crippen LogP contribution is -2.45. The molecule has 0 bridgehead atoms. The van der Waals surface area contributed by atoms with Gasteiger partial charge >= 0.3 is 0 Å². The van der Waals surface area contributed by atoms with Gasteiger partial charge in [0, 0.05) is 25.4 Å². The molecule has 0 fully saturated rings. The Bertz CT molecular complexity index is 1400. The molecule has 1 atom stereocenters. The van der Waals surface area contributed by atoms with Gasteiger partial charge in [-0.1, -0.05) is 17.3 Å². The Balaban J connectivity index is 1.56. The van der Waals surface area contributed by atoms with E-state index in [1.165, 1.54) is 9.58 Å². The molecule has 2 aromatic carbocycles. The number of fused-ring (bicyclic) bond motifs is 2. The first-order valence-corrected chi connectivity index (χ1v) is 11.4. The Morgan fingerprint density at radius 3 is 2.78 bits per heavy atom. The third kappa shape index (κ3) is 4.60. The summed E-state index contributed by atoms with van der Waals surface area (Å²) in [5, 5.41) is 11.1. The quantitative estimate of drug-likeness (QED) is 0.355. The van der Waals surface area contributed by atoms with E-state index >= 15 is 0 Å². The number of methoxy groups -OCH3 is 1. The predicted octanol–water partition coefficient (Wildman–Crippen LogP) is 2.60. The van der Waals surface area contributed by atoms with Crippen LogP contribution in [-0.2, 0) is 20.9 Å². The molecule has 2 aromatic heterocycles. The van der Waals surface area contributed by atoms with Gasteiger partial charge in [-0.2, -0.15) is 0 Å². The lowest BCUT2D eigenvalue weighted by atomic mass is 10.1. The van der Waals surface area contributed by atoms with Crippen LogP contribution in [0.4, 0.5) is 5.69 Å². The fraction of sp³-hybridized carbons (Fsp3) is 0.280. The van der Waals surface area contributed by atoms with Crippen LogP contribution in [0.1, 0.15) is 17.6 Å². The summed E-state index contributed by atoms with van der Waals surface area (Å²) in [7, 11) is 1.55. The van der Waals surface area contributed by atoms with Crippen molar-refractivity contribution in [1.29, 1.82) is 0 Å². The van der Waals surface area contributed by atoms with Crippen LogP contribution in [0, 0.1) is 6.92 Å². The molecule has 0 saturated heterocycles. The maximum absolute atomic E-state index is 13.9. The summed E-state index contributed by atoms with van der Waals surface area (Å²) < 4.78 is 23.4. The Morgan fingerprint density at radius 2 is 1.97 bits per heavy atom. The van der Waals surface area contributed by atoms with Crippen LogP contribution in [-0.4, -0.2) is 53.9 Å². The Labute approximate surface area is 206 Å². The second-order valence-electron chi connectivity index (χ2n) is 8.17. The van der Waals surface area contributed by atoms with Gasteiger partial charge in [0.2, 0.25) is 12.7 Å². The van der Waals surface area contributed by atoms with E-state index in [-0.39, 0.29) is 19.9 Å². The van der Waals surface area contributed by atoms with Crippen LogP contribution < -0.4 is 19.7 Å². The van der Waals surface area contributed by atoms with Gasteiger partial charge in [-0.25, -0.2) is 4.68 Å². The Morgan fingerprint density at radius 1 is 1.14 bits per heavy atom. The summed E-state index contributed by atoms with van der Waals surface area (Å²) >= 11 is 0. The van der Waals surface area contributed by atoms with Gasteiger partial charge in [0.1, 0.15) is 23.6 Å². The highest BCUT2D eigenvalue weighted by Gasteiger charge is 2.36. The second-order valence-corrected chi connectivity index (χ2v) is 8.17. The molecule has 0 spiro atoms. The predicted molar refractivity (Wildman–Crippen MR) is 129 cm³/mol. The Hall–Kier alpha value is -4.38. The maximum atomic E-state index is 13.9. The van der Waals surface area contributed by atoms with Crippen LogP contribution in [0.25, 0.3) is 11.0 Å². The molecule has 0 saturated carbocycles. The van der Waals surface area contributed by atoms with Crippen LogP contribution in [0.15, 0.2) is 59.0 Å². The zero-order chi connectivity index (χ0) is 25.1. The molecule has 3 heterocycles. The molecule has 0 unspecified atom stereocenters. The van der Waals surface area contributed by atoms with Crippen molar-refractivity contribution in [3.8, 4) is 11.5 Å². The first-order chi connectivity index (χ1) is 17.5. The standard InChI is InChI=1S/C25H25N5O6/c1-16-7-9-21(36-16)24(25(32)26-11-12-33-2)30(17-8-10-20-22(13-17)35-15-34-20)23(31)14-29-19-6-4-3-5-18(19)27-28-29/h3-10,13,24H,11-12,14-15H2,1-2H3,(H,26,32)/t24-/m0/s1. The second kappa shape index (κ2) is 10.1. The number of aromatic nitrogens is 3. The number of anilines is 1. The Kier molecular flexibility index (Phi) is 6.54. The van der Waals surface area contributed by atoms with Gasteiger partial charge in [-0.3, -0.25) is 14.5 Å². The zero-order valence-electron chi connectivity index (χ0n) is 19.8. The van der Waals surface area contributed by atoms with Crippen LogP contribution >= 0.6 is 0 Å². The van der Waals surface area contributed by atoms with E-state index in [2.05, 4.69) is 15.6 Å². The molecule has 11 nitrogen and oxygen atoms in total.